The normalized spacial score (nSPS) is 12.9. The molecule has 0 bridgehead atoms. The Labute approximate surface area is 112 Å². The monoisotopic (exact) mass is 251 g/mol. The lowest BCUT2D eigenvalue weighted by Gasteiger charge is -2.11. The summed E-state index contributed by atoms with van der Waals surface area (Å²) in [5.41, 5.74) is 7.13. The van der Waals surface area contributed by atoms with Gasteiger partial charge in [-0.1, -0.05) is 36.4 Å². The highest BCUT2D eigenvalue weighted by molar-refractivity contribution is 5.98. The molecule has 0 saturated carbocycles. The van der Waals surface area contributed by atoms with Crippen molar-refractivity contribution in [3.8, 4) is 0 Å². The van der Waals surface area contributed by atoms with Gasteiger partial charge in [-0.3, -0.25) is 0 Å². The molecule has 0 aromatic heterocycles. The summed E-state index contributed by atoms with van der Waals surface area (Å²) >= 11 is 0. The van der Waals surface area contributed by atoms with E-state index >= 15 is 0 Å². The average molecular weight is 251 g/mol. The molecule has 0 saturated heterocycles. The number of benzene rings is 3. The molecule has 0 heterocycles. The van der Waals surface area contributed by atoms with Gasteiger partial charge in [-0.2, -0.15) is 0 Å². The third kappa shape index (κ3) is 2.33. The Hall–Kier alpha value is -1.90. The minimum absolute atomic E-state index is 0.0964. The van der Waals surface area contributed by atoms with E-state index < -0.39 is 0 Å². The van der Waals surface area contributed by atoms with E-state index in [1.807, 2.05) is 0 Å². The second-order valence-corrected chi connectivity index (χ2v) is 4.92. The van der Waals surface area contributed by atoms with Gasteiger partial charge in [0, 0.05) is 12.6 Å². The number of aliphatic hydroxyl groups is 1. The Morgan fingerprint density at radius 1 is 0.842 bits per heavy atom. The van der Waals surface area contributed by atoms with Gasteiger partial charge in [-0.25, -0.2) is 0 Å². The molecule has 96 valence electrons. The van der Waals surface area contributed by atoms with Crippen molar-refractivity contribution >= 4 is 21.5 Å². The zero-order valence-corrected chi connectivity index (χ0v) is 10.7. The lowest BCUT2D eigenvalue weighted by atomic mass is 9.98. The molecule has 0 amide bonds. The fourth-order valence-electron chi connectivity index (χ4n) is 2.49. The van der Waals surface area contributed by atoms with Crippen LogP contribution in [0.15, 0.2) is 54.6 Å². The molecule has 0 fully saturated rings. The van der Waals surface area contributed by atoms with Gasteiger partial charge in [0.15, 0.2) is 0 Å². The molecule has 0 aliphatic rings. The van der Waals surface area contributed by atoms with E-state index in [-0.39, 0.29) is 12.6 Å². The van der Waals surface area contributed by atoms with Crippen molar-refractivity contribution in [2.24, 2.45) is 5.73 Å². The van der Waals surface area contributed by atoms with Crippen LogP contribution in [0.5, 0.6) is 0 Å². The highest BCUT2D eigenvalue weighted by Gasteiger charge is 2.06. The van der Waals surface area contributed by atoms with Gasteiger partial charge in [-0.15, -0.1) is 0 Å². The molecule has 0 aliphatic carbocycles. The summed E-state index contributed by atoms with van der Waals surface area (Å²) in [7, 11) is 0. The fourth-order valence-corrected chi connectivity index (χ4v) is 2.49. The molecule has 3 aromatic carbocycles. The zero-order chi connectivity index (χ0) is 13.2. The Kier molecular flexibility index (Phi) is 3.20. The summed E-state index contributed by atoms with van der Waals surface area (Å²) in [4.78, 5) is 0. The Bertz CT molecular complexity index is 721. The number of hydrogen-bond acceptors (Lipinski definition) is 2. The minimum atomic E-state index is -0.0964. The van der Waals surface area contributed by atoms with Crippen LogP contribution in [0.1, 0.15) is 18.0 Å². The molecule has 3 aromatic rings. The van der Waals surface area contributed by atoms with Crippen LogP contribution in [-0.2, 0) is 0 Å². The number of rotatable bonds is 3. The fraction of sp³-hybridized carbons (Fsp3) is 0.176. The minimum Gasteiger partial charge on any atom is -0.396 e. The van der Waals surface area contributed by atoms with E-state index in [0.717, 1.165) is 5.56 Å². The van der Waals surface area contributed by atoms with E-state index in [1.165, 1.54) is 21.5 Å². The van der Waals surface area contributed by atoms with E-state index in [2.05, 4.69) is 54.6 Å². The lowest BCUT2D eigenvalue weighted by Crippen LogP contribution is -2.11. The van der Waals surface area contributed by atoms with Gasteiger partial charge in [-0.05, 0) is 51.7 Å². The quantitative estimate of drug-likeness (QED) is 0.701. The highest BCUT2D eigenvalue weighted by atomic mass is 16.3. The molecule has 19 heavy (non-hydrogen) atoms. The van der Waals surface area contributed by atoms with Crippen molar-refractivity contribution in [2.75, 3.05) is 6.61 Å². The Morgan fingerprint density at radius 2 is 1.47 bits per heavy atom. The van der Waals surface area contributed by atoms with E-state index in [1.54, 1.807) is 0 Å². The first-order valence-electron chi connectivity index (χ1n) is 6.57. The largest absolute Gasteiger partial charge is 0.396 e. The van der Waals surface area contributed by atoms with Crippen LogP contribution >= 0.6 is 0 Å². The van der Waals surface area contributed by atoms with Crippen LogP contribution in [-0.4, -0.2) is 11.7 Å². The second kappa shape index (κ2) is 5.00. The first-order valence-corrected chi connectivity index (χ1v) is 6.57. The molecule has 0 unspecified atom stereocenters. The summed E-state index contributed by atoms with van der Waals surface area (Å²) in [5, 5.41) is 13.9. The van der Waals surface area contributed by atoms with Crippen LogP contribution in [0.2, 0.25) is 0 Å². The molecule has 3 N–H and O–H groups in total. The maximum atomic E-state index is 8.97. The molecule has 0 spiro atoms. The molecule has 2 nitrogen and oxygen atoms in total. The number of hydrogen-bond donors (Lipinski definition) is 2. The van der Waals surface area contributed by atoms with Crippen molar-refractivity contribution in [1.82, 2.24) is 0 Å². The van der Waals surface area contributed by atoms with E-state index in [0.29, 0.717) is 6.42 Å². The van der Waals surface area contributed by atoms with Crippen molar-refractivity contribution in [1.29, 1.82) is 0 Å². The summed E-state index contributed by atoms with van der Waals surface area (Å²) in [6.45, 7) is 0.122. The van der Waals surface area contributed by atoms with Gasteiger partial charge in [0.25, 0.3) is 0 Å². The van der Waals surface area contributed by atoms with Crippen molar-refractivity contribution in [2.45, 2.75) is 12.5 Å². The van der Waals surface area contributed by atoms with Crippen LogP contribution in [0.4, 0.5) is 0 Å². The zero-order valence-electron chi connectivity index (χ0n) is 10.7. The van der Waals surface area contributed by atoms with Crippen LogP contribution in [0, 0.1) is 0 Å². The molecule has 2 heteroatoms. The van der Waals surface area contributed by atoms with Gasteiger partial charge < -0.3 is 10.8 Å². The maximum absolute atomic E-state index is 8.97. The molecule has 3 rings (SSSR count). The van der Waals surface area contributed by atoms with Gasteiger partial charge in [0.1, 0.15) is 0 Å². The van der Waals surface area contributed by atoms with Gasteiger partial charge >= 0.3 is 0 Å². The predicted octanol–water partition coefficient (Wildman–Crippen LogP) is 3.38. The van der Waals surface area contributed by atoms with Gasteiger partial charge in [0.2, 0.25) is 0 Å². The van der Waals surface area contributed by atoms with Crippen molar-refractivity contribution in [3.63, 3.8) is 0 Å². The van der Waals surface area contributed by atoms with Crippen LogP contribution in [0.25, 0.3) is 21.5 Å². The Morgan fingerprint density at radius 3 is 2.16 bits per heavy atom. The van der Waals surface area contributed by atoms with Crippen molar-refractivity contribution in [3.05, 3.63) is 60.2 Å². The number of nitrogens with two attached hydrogens (primary N) is 1. The number of aliphatic hydroxyl groups excluding tert-OH is 1. The van der Waals surface area contributed by atoms with Crippen molar-refractivity contribution < 1.29 is 5.11 Å². The summed E-state index contributed by atoms with van der Waals surface area (Å²) in [6, 6.07) is 18.9. The summed E-state index contributed by atoms with van der Waals surface area (Å²) in [6.07, 6.45) is 0.596. The SMILES string of the molecule is N[C@@H](CCO)c1ccc2cc3ccccc3cc2c1. The van der Waals surface area contributed by atoms with E-state index in [9.17, 15) is 0 Å². The highest BCUT2D eigenvalue weighted by Crippen LogP contribution is 2.25. The first kappa shape index (κ1) is 12.2. The predicted molar refractivity (Wildman–Crippen MR) is 80.1 cm³/mol. The maximum Gasteiger partial charge on any atom is 0.0449 e. The molecular formula is C17H17NO. The first-order chi connectivity index (χ1) is 9.28. The third-order valence-electron chi connectivity index (χ3n) is 3.60. The van der Waals surface area contributed by atoms with E-state index in [4.69, 9.17) is 10.8 Å². The molecular weight excluding hydrogens is 234 g/mol. The second-order valence-electron chi connectivity index (χ2n) is 4.92. The third-order valence-corrected chi connectivity index (χ3v) is 3.60. The summed E-state index contributed by atoms with van der Waals surface area (Å²) < 4.78 is 0. The Balaban J connectivity index is 2.14. The molecule has 1 atom stereocenters. The van der Waals surface area contributed by atoms with Crippen LogP contribution < -0.4 is 5.73 Å². The molecule has 0 radical (unpaired) electrons. The van der Waals surface area contributed by atoms with Crippen LogP contribution in [0.3, 0.4) is 0 Å². The molecule has 0 aliphatic heterocycles. The topological polar surface area (TPSA) is 46.2 Å². The summed E-state index contributed by atoms with van der Waals surface area (Å²) in [5.74, 6) is 0. The standard InChI is InChI=1S/C17H17NO/c18-17(7-8-19)15-6-5-14-9-12-3-1-2-4-13(12)10-16(14)11-15/h1-6,9-11,17,19H,7-8,18H2/t17-/m0/s1. The number of fused-ring (bicyclic) bond motifs is 2. The van der Waals surface area contributed by atoms with Gasteiger partial charge in [0.05, 0.1) is 0 Å². The average Bonchev–Trinajstić information content (AvgIpc) is 2.44. The lowest BCUT2D eigenvalue weighted by molar-refractivity contribution is 0.276. The smallest absolute Gasteiger partial charge is 0.0449 e.